The molecule has 9 heteroatoms. The topological polar surface area (TPSA) is 151 Å². The van der Waals surface area contributed by atoms with Gasteiger partial charge in [-0.1, -0.05) is 68.2 Å². The molecule has 0 heterocycles. The molecule has 6 atom stereocenters. The van der Waals surface area contributed by atoms with Gasteiger partial charge < -0.3 is 26.8 Å². The Morgan fingerprint density at radius 1 is 0.750 bits per heavy atom. The summed E-state index contributed by atoms with van der Waals surface area (Å²) in [6.45, 7) is 14.8. The highest BCUT2D eigenvalue weighted by molar-refractivity contribution is 5.94. The van der Waals surface area contributed by atoms with Gasteiger partial charge in [0.25, 0.3) is 0 Å². The van der Waals surface area contributed by atoms with Crippen LogP contribution in [0.3, 0.4) is 0 Å². The second-order valence-corrected chi connectivity index (χ2v) is 9.54. The van der Waals surface area contributed by atoms with E-state index >= 15 is 0 Å². The number of rotatable bonds is 14. The van der Waals surface area contributed by atoms with E-state index in [9.17, 15) is 24.3 Å². The number of hydrogen-bond acceptors (Lipinski definition) is 5. The van der Waals surface area contributed by atoms with Crippen LogP contribution in [0.25, 0.3) is 0 Å². The zero-order valence-corrected chi connectivity index (χ0v) is 20.9. The van der Waals surface area contributed by atoms with Crippen LogP contribution in [0.15, 0.2) is 0 Å². The van der Waals surface area contributed by atoms with Crippen LogP contribution >= 0.6 is 0 Å². The quantitative estimate of drug-likeness (QED) is 0.268. The number of amides is 3. The molecule has 0 aliphatic heterocycles. The van der Waals surface area contributed by atoms with Crippen LogP contribution in [-0.4, -0.2) is 53.0 Å². The fraction of sp³-hybridized carbons (Fsp3) is 0.826. The van der Waals surface area contributed by atoms with Crippen LogP contribution in [-0.2, 0) is 19.2 Å². The average Bonchev–Trinajstić information content (AvgIpc) is 2.72. The second kappa shape index (κ2) is 14.1. The third-order valence-electron chi connectivity index (χ3n) is 5.92. The Morgan fingerprint density at radius 3 is 1.66 bits per heavy atom. The maximum absolute atomic E-state index is 13.1. The van der Waals surface area contributed by atoms with E-state index in [-0.39, 0.29) is 23.7 Å². The van der Waals surface area contributed by atoms with Gasteiger partial charge in [0.1, 0.15) is 18.1 Å². The first-order chi connectivity index (χ1) is 14.8. The minimum absolute atomic E-state index is 0.0425. The van der Waals surface area contributed by atoms with E-state index in [0.29, 0.717) is 12.8 Å². The van der Waals surface area contributed by atoms with Crippen molar-refractivity contribution in [2.45, 2.75) is 98.8 Å². The first-order valence-corrected chi connectivity index (χ1v) is 11.7. The molecule has 0 aromatic rings. The van der Waals surface area contributed by atoms with E-state index in [2.05, 4.69) is 16.0 Å². The Kier molecular flexibility index (Phi) is 13.1. The van der Waals surface area contributed by atoms with Crippen LogP contribution in [0, 0.1) is 23.7 Å². The van der Waals surface area contributed by atoms with Crippen molar-refractivity contribution >= 4 is 23.7 Å². The van der Waals surface area contributed by atoms with E-state index < -0.39 is 47.9 Å². The molecule has 3 amide bonds. The van der Waals surface area contributed by atoms with Crippen molar-refractivity contribution in [1.82, 2.24) is 16.0 Å². The molecular formula is C23H44N4O5. The van der Waals surface area contributed by atoms with Crippen molar-refractivity contribution in [2.75, 3.05) is 0 Å². The van der Waals surface area contributed by atoms with Crippen molar-refractivity contribution in [3.05, 3.63) is 0 Å². The molecule has 32 heavy (non-hydrogen) atoms. The van der Waals surface area contributed by atoms with Crippen LogP contribution in [0.4, 0.5) is 0 Å². The van der Waals surface area contributed by atoms with Crippen molar-refractivity contribution < 1.29 is 24.3 Å². The minimum Gasteiger partial charge on any atom is -0.480 e. The monoisotopic (exact) mass is 456 g/mol. The SMILES string of the molecule is CCC(C)C(N)C(=O)NC(C(=O)NC(CC(C)C)C(=O)NC(C(=O)O)C(C)C)C(C)CC. The highest BCUT2D eigenvalue weighted by atomic mass is 16.4. The van der Waals surface area contributed by atoms with Gasteiger partial charge >= 0.3 is 5.97 Å². The Bertz CT molecular complexity index is 638. The number of carboxylic acid groups (broad SMARTS) is 1. The summed E-state index contributed by atoms with van der Waals surface area (Å²) in [6.07, 6.45) is 1.69. The van der Waals surface area contributed by atoms with E-state index in [1.165, 1.54) is 0 Å². The van der Waals surface area contributed by atoms with Gasteiger partial charge in [0.05, 0.1) is 6.04 Å². The number of aliphatic carboxylic acids is 1. The molecule has 0 fully saturated rings. The summed E-state index contributed by atoms with van der Waals surface area (Å²) in [7, 11) is 0. The molecule has 186 valence electrons. The highest BCUT2D eigenvalue weighted by Crippen LogP contribution is 2.13. The lowest BCUT2D eigenvalue weighted by Gasteiger charge is -2.29. The molecule has 0 radical (unpaired) electrons. The normalized spacial score (nSPS) is 17.1. The molecule has 0 aromatic carbocycles. The summed E-state index contributed by atoms with van der Waals surface area (Å²) in [5, 5.41) is 17.4. The summed E-state index contributed by atoms with van der Waals surface area (Å²) in [6, 6.07) is -3.58. The molecule has 0 rings (SSSR count). The number of carbonyl (C=O) groups excluding carboxylic acids is 3. The molecule has 0 spiro atoms. The fourth-order valence-corrected chi connectivity index (χ4v) is 3.20. The lowest BCUT2D eigenvalue weighted by molar-refractivity contribution is -0.143. The molecule has 0 bridgehead atoms. The molecular weight excluding hydrogens is 412 g/mol. The largest absolute Gasteiger partial charge is 0.480 e. The summed E-state index contributed by atoms with van der Waals surface area (Å²) in [5.41, 5.74) is 6.02. The molecule has 6 unspecified atom stereocenters. The maximum atomic E-state index is 13.1. The summed E-state index contributed by atoms with van der Waals surface area (Å²) >= 11 is 0. The van der Waals surface area contributed by atoms with Crippen molar-refractivity contribution in [1.29, 1.82) is 0 Å². The molecule has 0 saturated carbocycles. The van der Waals surface area contributed by atoms with E-state index in [1.807, 2.05) is 41.5 Å². The van der Waals surface area contributed by atoms with Crippen LogP contribution in [0.5, 0.6) is 0 Å². The first-order valence-electron chi connectivity index (χ1n) is 11.7. The molecule has 0 aliphatic carbocycles. The molecule has 0 aromatic heterocycles. The van der Waals surface area contributed by atoms with Crippen molar-refractivity contribution in [3.8, 4) is 0 Å². The zero-order chi connectivity index (χ0) is 25.2. The Morgan fingerprint density at radius 2 is 1.25 bits per heavy atom. The summed E-state index contributed by atoms with van der Waals surface area (Å²) in [4.78, 5) is 50.1. The Labute approximate surface area is 192 Å². The van der Waals surface area contributed by atoms with E-state index in [1.54, 1.807) is 13.8 Å². The number of hydrogen-bond donors (Lipinski definition) is 5. The van der Waals surface area contributed by atoms with Gasteiger partial charge in [0.15, 0.2) is 0 Å². The predicted octanol–water partition coefficient (Wildman–Crippen LogP) is 1.65. The lowest BCUT2D eigenvalue weighted by Crippen LogP contribution is -2.59. The molecule has 0 aliphatic rings. The zero-order valence-electron chi connectivity index (χ0n) is 20.9. The smallest absolute Gasteiger partial charge is 0.326 e. The van der Waals surface area contributed by atoms with Crippen LogP contribution in [0.1, 0.15) is 74.7 Å². The van der Waals surface area contributed by atoms with E-state index in [4.69, 9.17) is 5.73 Å². The third kappa shape index (κ3) is 9.54. The van der Waals surface area contributed by atoms with Crippen LogP contribution < -0.4 is 21.7 Å². The van der Waals surface area contributed by atoms with E-state index in [0.717, 1.165) is 6.42 Å². The van der Waals surface area contributed by atoms with Gasteiger partial charge in [-0.15, -0.1) is 0 Å². The number of nitrogens with two attached hydrogens (primary N) is 1. The highest BCUT2D eigenvalue weighted by Gasteiger charge is 2.33. The van der Waals surface area contributed by atoms with Gasteiger partial charge in [-0.25, -0.2) is 4.79 Å². The second-order valence-electron chi connectivity index (χ2n) is 9.54. The van der Waals surface area contributed by atoms with Crippen LogP contribution in [0.2, 0.25) is 0 Å². The molecule has 9 nitrogen and oxygen atoms in total. The first kappa shape index (κ1) is 29.8. The van der Waals surface area contributed by atoms with Gasteiger partial charge in [-0.05, 0) is 30.1 Å². The Hall–Kier alpha value is -2.16. The fourth-order valence-electron chi connectivity index (χ4n) is 3.20. The maximum Gasteiger partial charge on any atom is 0.326 e. The van der Waals surface area contributed by atoms with Crippen molar-refractivity contribution in [2.24, 2.45) is 29.4 Å². The third-order valence-corrected chi connectivity index (χ3v) is 5.92. The van der Waals surface area contributed by atoms with Gasteiger partial charge in [0, 0.05) is 0 Å². The number of carboxylic acids is 1. The summed E-state index contributed by atoms with van der Waals surface area (Å²) in [5.74, 6) is -3.06. The standard InChI is InChI=1S/C23H44N4O5/c1-9-14(7)17(24)21(29)27-19(15(8)10-2)22(30)25-16(11-12(3)4)20(28)26-18(13(5)6)23(31)32/h12-19H,9-11,24H2,1-8H3,(H,25,30)(H,26,28)(H,27,29)(H,31,32). The van der Waals surface area contributed by atoms with Gasteiger partial charge in [-0.3, -0.25) is 14.4 Å². The van der Waals surface area contributed by atoms with Gasteiger partial charge in [0.2, 0.25) is 17.7 Å². The Balaban J connectivity index is 5.59. The number of carbonyl (C=O) groups is 4. The molecule has 0 saturated heterocycles. The van der Waals surface area contributed by atoms with Crippen molar-refractivity contribution in [3.63, 3.8) is 0 Å². The molecule has 6 N–H and O–H groups in total. The predicted molar refractivity (Wildman–Crippen MR) is 125 cm³/mol. The minimum atomic E-state index is -1.13. The lowest BCUT2D eigenvalue weighted by atomic mass is 9.94. The number of nitrogens with one attached hydrogen (secondary N) is 3. The average molecular weight is 457 g/mol. The summed E-state index contributed by atoms with van der Waals surface area (Å²) < 4.78 is 0. The van der Waals surface area contributed by atoms with Gasteiger partial charge in [-0.2, -0.15) is 0 Å².